The van der Waals surface area contributed by atoms with E-state index in [0.29, 0.717) is 6.10 Å². The maximum atomic E-state index is 5.58. The van der Waals surface area contributed by atoms with E-state index >= 15 is 0 Å². The van der Waals surface area contributed by atoms with E-state index in [2.05, 4.69) is 39.8 Å². The Balaban J connectivity index is 1.40. The van der Waals surface area contributed by atoms with Crippen LogP contribution in [-0.2, 0) is 4.74 Å². The standard InChI is InChI=1S/C16H19N3OS2/c1-2-6-13(7-3-1)8-5-11-21-16-19-18-15(22-16)17-12-14-9-4-10-20-14/h1-3,5-8,14H,4,9-12H2,(H,17,18)/b8-5+. The number of ether oxygens (including phenoxy) is 1. The molecule has 2 aromatic rings. The number of rotatable bonds is 7. The van der Waals surface area contributed by atoms with E-state index in [1.807, 2.05) is 18.2 Å². The van der Waals surface area contributed by atoms with Gasteiger partial charge < -0.3 is 10.1 Å². The van der Waals surface area contributed by atoms with Gasteiger partial charge in [0.25, 0.3) is 0 Å². The van der Waals surface area contributed by atoms with Crippen molar-refractivity contribution in [2.45, 2.75) is 23.3 Å². The molecule has 1 unspecified atom stereocenters. The van der Waals surface area contributed by atoms with Crippen LogP contribution in [0.15, 0.2) is 40.7 Å². The Morgan fingerprint density at radius 3 is 3.05 bits per heavy atom. The molecule has 1 N–H and O–H groups in total. The first-order chi connectivity index (χ1) is 10.9. The van der Waals surface area contributed by atoms with Crippen LogP contribution in [0, 0.1) is 0 Å². The number of hydrogen-bond acceptors (Lipinski definition) is 6. The summed E-state index contributed by atoms with van der Waals surface area (Å²) in [5.74, 6) is 0.898. The highest BCUT2D eigenvalue weighted by molar-refractivity contribution is 8.01. The first-order valence-electron chi connectivity index (χ1n) is 7.43. The summed E-state index contributed by atoms with van der Waals surface area (Å²) in [6.45, 7) is 1.71. The highest BCUT2D eigenvalue weighted by atomic mass is 32.2. The van der Waals surface area contributed by atoms with Gasteiger partial charge in [-0.3, -0.25) is 0 Å². The lowest BCUT2D eigenvalue weighted by Gasteiger charge is -2.08. The van der Waals surface area contributed by atoms with Gasteiger partial charge in [0.05, 0.1) is 6.10 Å². The molecule has 2 heterocycles. The van der Waals surface area contributed by atoms with Crippen molar-refractivity contribution in [1.29, 1.82) is 0 Å². The molecular weight excluding hydrogens is 314 g/mol. The Morgan fingerprint density at radius 1 is 1.32 bits per heavy atom. The summed E-state index contributed by atoms with van der Waals surface area (Å²) in [5, 5.41) is 12.6. The van der Waals surface area contributed by atoms with Crippen LogP contribution in [0.2, 0.25) is 0 Å². The molecule has 0 spiro atoms. The van der Waals surface area contributed by atoms with Crippen molar-refractivity contribution in [2.24, 2.45) is 0 Å². The lowest BCUT2D eigenvalue weighted by atomic mass is 10.2. The van der Waals surface area contributed by atoms with Gasteiger partial charge in [-0.15, -0.1) is 10.2 Å². The third-order valence-electron chi connectivity index (χ3n) is 3.32. The molecule has 1 aliphatic heterocycles. The second-order valence-electron chi connectivity index (χ2n) is 5.01. The smallest absolute Gasteiger partial charge is 0.206 e. The number of thioether (sulfide) groups is 1. The lowest BCUT2D eigenvalue weighted by Crippen LogP contribution is -2.18. The lowest BCUT2D eigenvalue weighted by molar-refractivity contribution is 0.120. The zero-order valence-electron chi connectivity index (χ0n) is 12.3. The second kappa shape index (κ2) is 8.31. The van der Waals surface area contributed by atoms with Crippen molar-refractivity contribution in [3.8, 4) is 0 Å². The Bertz CT molecular complexity index is 594. The number of hydrogen-bond donors (Lipinski definition) is 1. The van der Waals surface area contributed by atoms with Gasteiger partial charge in [0.2, 0.25) is 5.13 Å². The Labute approximate surface area is 139 Å². The molecule has 116 valence electrons. The molecule has 1 aromatic carbocycles. The molecule has 6 heteroatoms. The van der Waals surface area contributed by atoms with Crippen molar-refractivity contribution in [2.75, 3.05) is 24.2 Å². The van der Waals surface area contributed by atoms with Gasteiger partial charge in [-0.25, -0.2) is 0 Å². The van der Waals surface area contributed by atoms with E-state index in [0.717, 1.165) is 41.2 Å². The molecule has 1 aromatic heterocycles. The Morgan fingerprint density at radius 2 is 2.23 bits per heavy atom. The zero-order chi connectivity index (χ0) is 15.0. The summed E-state index contributed by atoms with van der Waals surface area (Å²) in [5.41, 5.74) is 1.22. The third kappa shape index (κ3) is 4.83. The van der Waals surface area contributed by atoms with Crippen molar-refractivity contribution in [1.82, 2.24) is 10.2 Å². The largest absolute Gasteiger partial charge is 0.376 e. The number of anilines is 1. The fraction of sp³-hybridized carbons (Fsp3) is 0.375. The summed E-state index contributed by atoms with van der Waals surface area (Å²) in [6, 6.07) is 10.3. The predicted octanol–water partition coefficient (Wildman–Crippen LogP) is 3.93. The van der Waals surface area contributed by atoms with Gasteiger partial charge in [0.1, 0.15) is 0 Å². The van der Waals surface area contributed by atoms with E-state index in [9.17, 15) is 0 Å². The Hall–Kier alpha value is -1.37. The second-order valence-corrected chi connectivity index (χ2v) is 7.26. The normalized spacial score (nSPS) is 18.1. The fourth-order valence-electron chi connectivity index (χ4n) is 2.21. The molecule has 3 rings (SSSR count). The van der Waals surface area contributed by atoms with Crippen molar-refractivity contribution >= 4 is 34.3 Å². The maximum absolute atomic E-state index is 5.58. The maximum Gasteiger partial charge on any atom is 0.206 e. The molecule has 1 atom stereocenters. The molecule has 22 heavy (non-hydrogen) atoms. The molecule has 0 amide bonds. The van der Waals surface area contributed by atoms with Gasteiger partial charge >= 0.3 is 0 Å². The molecule has 1 fully saturated rings. The van der Waals surface area contributed by atoms with Crippen LogP contribution in [0.25, 0.3) is 6.08 Å². The number of nitrogens with zero attached hydrogens (tertiary/aromatic N) is 2. The van der Waals surface area contributed by atoms with Gasteiger partial charge in [-0.05, 0) is 18.4 Å². The van der Waals surface area contributed by atoms with Gasteiger partial charge in [0.15, 0.2) is 4.34 Å². The quantitative estimate of drug-likeness (QED) is 0.778. The van der Waals surface area contributed by atoms with Crippen LogP contribution in [0.3, 0.4) is 0 Å². The van der Waals surface area contributed by atoms with Crippen LogP contribution >= 0.6 is 23.1 Å². The van der Waals surface area contributed by atoms with Gasteiger partial charge in [-0.1, -0.05) is 65.6 Å². The minimum atomic E-state index is 0.328. The third-order valence-corrected chi connectivity index (χ3v) is 5.29. The summed E-state index contributed by atoms with van der Waals surface area (Å²) in [4.78, 5) is 0. The summed E-state index contributed by atoms with van der Waals surface area (Å²) >= 11 is 3.31. The highest BCUT2D eigenvalue weighted by Crippen LogP contribution is 2.26. The van der Waals surface area contributed by atoms with E-state index in [1.165, 1.54) is 5.56 Å². The van der Waals surface area contributed by atoms with Crippen molar-refractivity contribution in [3.63, 3.8) is 0 Å². The SMILES string of the molecule is C(=C\c1ccccc1)/CSc1nnc(NCC2CCCO2)s1. The molecule has 1 saturated heterocycles. The zero-order valence-corrected chi connectivity index (χ0v) is 13.9. The minimum Gasteiger partial charge on any atom is -0.376 e. The average Bonchev–Trinajstić information content (AvgIpc) is 3.22. The number of aromatic nitrogens is 2. The molecule has 1 aliphatic rings. The van der Waals surface area contributed by atoms with E-state index in [1.54, 1.807) is 23.1 Å². The Kier molecular flexibility index (Phi) is 5.86. The van der Waals surface area contributed by atoms with Crippen LogP contribution in [0.4, 0.5) is 5.13 Å². The van der Waals surface area contributed by atoms with Gasteiger partial charge in [-0.2, -0.15) is 0 Å². The van der Waals surface area contributed by atoms with Crippen molar-refractivity contribution in [3.05, 3.63) is 42.0 Å². The fourth-order valence-corrected chi connectivity index (χ4v) is 3.81. The van der Waals surface area contributed by atoms with Crippen LogP contribution in [-0.4, -0.2) is 35.2 Å². The minimum absolute atomic E-state index is 0.328. The topological polar surface area (TPSA) is 47.0 Å². The van der Waals surface area contributed by atoms with Crippen LogP contribution < -0.4 is 5.32 Å². The number of nitrogens with one attached hydrogen (secondary N) is 1. The first-order valence-corrected chi connectivity index (χ1v) is 9.24. The average molecular weight is 333 g/mol. The summed E-state index contributed by atoms with van der Waals surface area (Å²) in [7, 11) is 0. The van der Waals surface area contributed by atoms with E-state index in [-0.39, 0.29) is 0 Å². The number of benzene rings is 1. The van der Waals surface area contributed by atoms with Crippen LogP contribution in [0.1, 0.15) is 18.4 Å². The highest BCUT2D eigenvalue weighted by Gasteiger charge is 2.15. The van der Waals surface area contributed by atoms with E-state index < -0.39 is 0 Å². The molecule has 4 nitrogen and oxygen atoms in total. The predicted molar refractivity (Wildman–Crippen MR) is 93.6 cm³/mol. The summed E-state index contributed by atoms with van der Waals surface area (Å²) < 4.78 is 6.58. The molecule has 0 radical (unpaired) electrons. The van der Waals surface area contributed by atoms with Gasteiger partial charge in [0, 0.05) is 18.9 Å². The van der Waals surface area contributed by atoms with Crippen molar-refractivity contribution < 1.29 is 4.74 Å². The molecule has 0 saturated carbocycles. The molecular formula is C16H19N3OS2. The molecule has 0 bridgehead atoms. The van der Waals surface area contributed by atoms with E-state index in [4.69, 9.17) is 4.74 Å². The van der Waals surface area contributed by atoms with Crippen LogP contribution in [0.5, 0.6) is 0 Å². The summed E-state index contributed by atoms with van der Waals surface area (Å²) in [6.07, 6.45) is 6.91. The first kappa shape index (κ1) is 15.5. The molecule has 0 aliphatic carbocycles. The monoisotopic (exact) mass is 333 g/mol.